The van der Waals surface area contributed by atoms with Gasteiger partial charge in [-0.3, -0.25) is 4.79 Å². The molecule has 21 heavy (non-hydrogen) atoms. The van der Waals surface area contributed by atoms with E-state index in [2.05, 4.69) is 18.0 Å². The van der Waals surface area contributed by atoms with Crippen LogP contribution >= 0.6 is 0 Å². The minimum absolute atomic E-state index is 0.198. The van der Waals surface area contributed by atoms with Crippen LogP contribution in [0.4, 0.5) is 5.69 Å². The summed E-state index contributed by atoms with van der Waals surface area (Å²) < 4.78 is 0. The van der Waals surface area contributed by atoms with Gasteiger partial charge in [0, 0.05) is 12.2 Å². The molecule has 0 amide bonds. The van der Waals surface area contributed by atoms with Crippen LogP contribution < -0.4 is 21.5 Å². The molecule has 0 radical (unpaired) electrons. The molecule has 0 spiro atoms. The van der Waals surface area contributed by atoms with Crippen LogP contribution in [0.3, 0.4) is 0 Å². The molecule has 4 heteroatoms. The lowest BCUT2D eigenvalue weighted by Crippen LogP contribution is -2.36. The summed E-state index contributed by atoms with van der Waals surface area (Å²) in [6, 6.07) is 14.8. The summed E-state index contributed by atoms with van der Waals surface area (Å²) in [4.78, 5) is 10.6. The van der Waals surface area contributed by atoms with E-state index in [0.29, 0.717) is 0 Å². The van der Waals surface area contributed by atoms with Gasteiger partial charge in [0.25, 0.3) is 0 Å². The van der Waals surface area contributed by atoms with Gasteiger partial charge in [-0.15, -0.1) is 0 Å². The van der Waals surface area contributed by atoms with E-state index in [4.69, 9.17) is 10.8 Å². The van der Waals surface area contributed by atoms with Crippen LogP contribution in [0, 0.1) is 0 Å². The van der Waals surface area contributed by atoms with Gasteiger partial charge >= 0.3 is 5.97 Å². The number of nitrogens with one attached hydrogen (secondary N) is 1. The molecule has 0 aliphatic heterocycles. The fourth-order valence-corrected chi connectivity index (χ4v) is 1.82. The minimum atomic E-state index is -1.01. The number of carbonyl (C=O) groups is 1. The van der Waals surface area contributed by atoms with E-state index in [0.717, 1.165) is 21.7 Å². The summed E-state index contributed by atoms with van der Waals surface area (Å²) in [5, 5.41) is 13.8. The normalized spacial score (nSPS) is 11.7. The highest BCUT2D eigenvalue weighted by Gasteiger charge is 2.09. The van der Waals surface area contributed by atoms with Gasteiger partial charge in [-0.1, -0.05) is 43.0 Å². The maximum Gasteiger partial charge on any atom is 0.322 e. The summed E-state index contributed by atoms with van der Waals surface area (Å²) in [6.45, 7) is 4.05. The Kier molecular flexibility index (Phi) is 4.74. The molecule has 2 aromatic carbocycles. The maximum atomic E-state index is 10.6. The van der Waals surface area contributed by atoms with Gasteiger partial charge in [-0.2, -0.15) is 0 Å². The molecule has 1 atom stereocenters. The molecular formula is C17H18N2O2. The van der Waals surface area contributed by atoms with Gasteiger partial charge in [-0.25, -0.2) is 0 Å². The SMILES string of the molecule is C=c1ccc(=Cc2ccc(NCC(N)C(=O)O)cc2)cc1. The summed E-state index contributed by atoms with van der Waals surface area (Å²) in [6.07, 6.45) is 2.06. The van der Waals surface area contributed by atoms with E-state index in [1.54, 1.807) is 0 Å². The van der Waals surface area contributed by atoms with Crippen LogP contribution in [0.5, 0.6) is 0 Å². The van der Waals surface area contributed by atoms with Gasteiger partial charge in [0.1, 0.15) is 6.04 Å². The third kappa shape index (κ3) is 4.47. The fraction of sp³-hybridized carbons (Fsp3) is 0.118. The average molecular weight is 282 g/mol. The Labute approximate surface area is 123 Å². The Balaban J connectivity index is 2.05. The lowest BCUT2D eigenvalue weighted by molar-refractivity contribution is -0.138. The molecule has 2 aromatic rings. The quantitative estimate of drug-likeness (QED) is 0.756. The zero-order valence-electron chi connectivity index (χ0n) is 11.6. The number of hydrogen-bond acceptors (Lipinski definition) is 3. The molecule has 2 rings (SSSR count). The third-order valence-corrected chi connectivity index (χ3v) is 3.07. The number of carboxylic acid groups (broad SMARTS) is 1. The van der Waals surface area contributed by atoms with E-state index < -0.39 is 12.0 Å². The molecule has 0 saturated carbocycles. The van der Waals surface area contributed by atoms with E-state index in [-0.39, 0.29) is 6.54 Å². The number of benzene rings is 2. The molecule has 4 N–H and O–H groups in total. The van der Waals surface area contributed by atoms with Gasteiger partial charge < -0.3 is 16.2 Å². The molecule has 0 fully saturated rings. The van der Waals surface area contributed by atoms with Crippen molar-refractivity contribution in [1.29, 1.82) is 0 Å². The van der Waals surface area contributed by atoms with Crippen molar-refractivity contribution in [3.05, 3.63) is 64.5 Å². The molecule has 1 unspecified atom stereocenters. The monoisotopic (exact) mass is 282 g/mol. The van der Waals surface area contributed by atoms with Crippen LogP contribution in [-0.4, -0.2) is 23.7 Å². The van der Waals surface area contributed by atoms with Crippen LogP contribution in [0.15, 0.2) is 48.5 Å². The topological polar surface area (TPSA) is 75.3 Å². The predicted octanol–water partition coefficient (Wildman–Crippen LogP) is 0.750. The standard InChI is InChI=1S/C17H18N2O2/c1-12-2-4-13(5-3-12)10-14-6-8-15(9-7-14)19-11-16(18)17(20)21/h2-10,16,19H,1,11,18H2,(H,20,21). The van der Waals surface area contributed by atoms with Crippen molar-refractivity contribution in [3.63, 3.8) is 0 Å². The summed E-state index contributed by atoms with van der Waals surface area (Å²) in [5.41, 5.74) is 7.35. The molecule has 0 heterocycles. The van der Waals surface area contributed by atoms with Crippen LogP contribution in [0.25, 0.3) is 12.7 Å². The highest BCUT2D eigenvalue weighted by atomic mass is 16.4. The first kappa shape index (κ1) is 14.8. The number of anilines is 1. The Bertz CT molecular complexity index is 700. The Hall–Kier alpha value is -2.59. The van der Waals surface area contributed by atoms with Crippen LogP contribution in [0.1, 0.15) is 5.56 Å². The maximum absolute atomic E-state index is 10.6. The largest absolute Gasteiger partial charge is 0.480 e. The van der Waals surface area contributed by atoms with E-state index in [9.17, 15) is 4.79 Å². The number of aliphatic carboxylic acids is 1. The minimum Gasteiger partial charge on any atom is -0.480 e. The second kappa shape index (κ2) is 6.72. The van der Waals surface area contributed by atoms with Gasteiger partial charge in [0.2, 0.25) is 0 Å². The van der Waals surface area contributed by atoms with Crippen molar-refractivity contribution in [1.82, 2.24) is 0 Å². The number of hydrogen-bond donors (Lipinski definition) is 3. The molecule has 0 aliphatic carbocycles. The van der Waals surface area contributed by atoms with Crippen molar-refractivity contribution in [2.45, 2.75) is 6.04 Å². The number of nitrogens with two attached hydrogens (primary N) is 1. The van der Waals surface area contributed by atoms with E-state index in [1.165, 1.54) is 0 Å². The molecule has 0 saturated heterocycles. The molecule has 0 aromatic heterocycles. The second-order valence-corrected chi connectivity index (χ2v) is 4.83. The molecule has 108 valence electrons. The van der Waals surface area contributed by atoms with Crippen molar-refractivity contribution >= 4 is 24.3 Å². The lowest BCUT2D eigenvalue weighted by Gasteiger charge is -2.09. The second-order valence-electron chi connectivity index (χ2n) is 4.83. The number of carboxylic acids is 1. The van der Waals surface area contributed by atoms with Gasteiger partial charge in [0.05, 0.1) is 0 Å². The highest BCUT2D eigenvalue weighted by Crippen LogP contribution is 2.09. The Morgan fingerprint density at radius 1 is 1.19 bits per heavy atom. The van der Waals surface area contributed by atoms with Crippen molar-refractivity contribution in [2.75, 3.05) is 11.9 Å². The first-order valence-corrected chi connectivity index (χ1v) is 6.64. The molecule has 4 nitrogen and oxygen atoms in total. The van der Waals surface area contributed by atoms with Crippen LogP contribution in [0.2, 0.25) is 0 Å². The molecule has 0 aliphatic rings. The third-order valence-electron chi connectivity index (χ3n) is 3.07. The summed E-state index contributed by atoms with van der Waals surface area (Å²) in [7, 11) is 0. The molecular weight excluding hydrogens is 264 g/mol. The predicted molar refractivity (Wildman–Crippen MR) is 85.3 cm³/mol. The lowest BCUT2D eigenvalue weighted by atomic mass is 10.1. The van der Waals surface area contributed by atoms with Crippen molar-refractivity contribution in [3.8, 4) is 0 Å². The van der Waals surface area contributed by atoms with E-state index >= 15 is 0 Å². The Morgan fingerprint density at radius 2 is 1.81 bits per heavy atom. The van der Waals surface area contributed by atoms with Crippen LogP contribution in [-0.2, 0) is 4.79 Å². The first-order valence-electron chi connectivity index (χ1n) is 6.64. The van der Waals surface area contributed by atoms with Crippen molar-refractivity contribution in [2.24, 2.45) is 5.73 Å². The Morgan fingerprint density at radius 3 is 2.38 bits per heavy atom. The smallest absolute Gasteiger partial charge is 0.322 e. The summed E-state index contributed by atoms with van der Waals surface area (Å²) >= 11 is 0. The number of rotatable bonds is 5. The molecule has 0 bridgehead atoms. The first-order chi connectivity index (χ1) is 10.0. The zero-order chi connectivity index (χ0) is 15.2. The fourth-order valence-electron chi connectivity index (χ4n) is 1.82. The van der Waals surface area contributed by atoms with Gasteiger partial charge in [0.15, 0.2) is 0 Å². The van der Waals surface area contributed by atoms with Gasteiger partial charge in [-0.05, 0) is 34.2 Å². The van der Waals surface area contributed by atoms with E-state index in [1.807, 2.05) is 48.5 Å². The average Bonchev–Trinajstić information content (AvgIpc) is 2.48. The highest BCUT2D eigenvalue weighted by molar-refractivity contribution is 5.74. The van der Waals surface area contributed by atoms with Crippen molar-refractivity contribution < 1.29 is 9.90 Å². The zero-order valence-corrected chi connectivity index (χ0v) is 11.6. The summed E-state index contributed by atoms with van der Waals surface area (Å²) in [5.74, 6) is -1.01.